The second-order valence-electron chi connectivity index (χ2n) is 3.55. The summed E-state index contributed by atoms with van der Waals surface area (Å²) in [5.74, 6) is 1.54. The zero-order chi connectivity index (χ0) is 12.1. The molecule has 0 fully saturated rings. The standard InChI is InChI=1S/C11H15N5O/c1-12-8-7-11-13-15-16(14-11)9-3-5-10(17-2)6-4-9/h3-6,12H,7-8H2,1-2H3. The summed E-state index contributed by atoms with van der Waals surface area (Å²) in [4.78, 5) is 1.52. The maximum absolute atomic E-state index is 5.09. The van der Waals surface area contributed by atoms with E-state index in [0.717, 1.165) is 30.2 Å². The van der Waals surface area contributed by atoms with E-state index < -0.39 is 0 Å². The third kappa shape index (κ3) is 2.79. The minimum atomic E-state index is 0.732. The Balaban J connectivity index is 2.12. The number of hydrogen-bond donors (Lipinski definition) is 1. The molecule has 0 bridgehead atoms. The van der Waals surface area contributed by atoms with Gasteiger partial charge in [0.05, 0.1) is 12.8 Å². The number of ether oxygens (including phenoxy) is 1. The molecule has 0 aliphatic heterocycles. The van der Waals surface area contributed by atoms with Gasteiger partial charge in [0.15, 0.2) is 5.82 Å². The summed E-state index contributed by atoms with van der Waals surface area (Å²) in [6, 6.07) is 7.52. The summed E-state index contributed by atoms with van der Waals surface area (Å²) < 4.78 is 5.09. The van der Waals surface area contributed by atoms with Crippen LogP contribution in [0, 0.1) is 0 Å². The molecular formula is C11H15N5O. The molecule has 1 heterocycles. The zero-order valence-corrected chi connectivity index (χ0v) is 9.92. The van der Waals surface area contributed by atoms with Gasteiger partial charge in [0, 0.05) is 13.0 Å². The highest BCUT2D eigenvalue weighted by Crippen LogP contribution is 2.13. The molecule has 17 heavy (non-hydrogen) atoms. The largest absolute Gasteiger partial charge is 0.497 e. The summed E-state index contributed by atoms with van der Waals surface area (Å²) in [7, 11) is 3.53. The molecule has 1 N–H and O–H groups in total. The highest BCUT2D eigenvalue weighted by molar-refractivity contribution is 5.35. The van der Waals surface area contributed by atoms with Gasteiger partial charge in [-0.05, 0) is 36.5 Å². The van der Waals surface area contributed by atoms with Crippen molar-refractivity contribution in [2.45, 2.75) is 6.42 Å². The molecule has 2 aromatic rings. The summed E-state index contributed by atoms with van der Waals surface area (Å²) in [5.41, 5.74) is 0.869. The van der Waals surface area contributed by atoms with Crippen LogP contribution in [0.3, 0.4) is 0 Å². The molecule has 6 heteroatoms. The first-order chi connectivity index (χ1) is 8.33. The van der Waals surface area contributed by atoms with Crippen molar-refractivity contribution in [3.8, 4) is 11.4 Å². The number of likely N-dealkylation sites (N-methyl/N-ethyl adjacent to an activating group) is 1. The van der Waals surface area contributed by atoms with Crippen molar-refractivity contribution in [3.05, 3.63) is 30.1 Å². The average molecular weight is 233 g/mol. The van der Waals surface area contributed by atoms with Crippen molar-refractivity contribution in [3.63, 3.8) is 0 Å². The van der Waals surface area contributed by atoms with Crippen LogP contribution in [0.25, 0.3) is 5.69 Å². The SMILES string of the molecule is CNCCc1nnn(-c2ccc(OC)cc2)n1. The van der Waals surface area contributed by atoms with Gasteiger partial charge >= 0.3 is 0 Å². The topological polar surface area (TPSA) is 64.9 Å². The molecule has 0 aliphatic carbocycles. The number of nitrogens with one attached hydrogen (secondary N) is 1. The lowest BCUT2D eigenvalue weighted by molar-refractivity contribution is 0.414. The van der Waals surface area contributed by atoms with Gasteiger partial charge in [-0.3, -0.25) is 0 Å². The molecule has 1 aromatic heterocycles. The van der Waals surface area contributed by atoms with Crippen molar-refractivity contribution in [2.75, 3.05) is 20.7 Å². The predicted molar refractivity (Wildman–Crippen MR) is 63.3 cm³/mol. The van der Waals surface area contributed by atoms with Gasteiger partial charge < -0.3 is 10.1 Å². The quantitative estimate of drug-likeness (QED) is 0.811. The van der Waals surface area contributed by atoms with Gasteiger partial charge in [0.25, 0.3) is 0 Å². The Morgan fingerprint density at radius 3 is 2.71 bits per heavy atom. The molecule has 90 valence electrons. The van der Waals surface area contributed by atoms with E-state index in [1.165, 1.54) is 4.80 Å². The Morgan fingerprint density at radius 2 is 2.06 bits per heavy atom. The third-order valence-corrected chi connectivity index (χ3v) is 2.36. The Labute approximate surface area is 99.6 Å². The van der Waals surface area contributed by atoms with E-state index in [9.17, 15) is 0 Å². The van der Waals surface area contributed by atoms with Crippen LogP contribution >= 0.6 is 0 Å². The minimum Gasteiger partial charge on any atom is -0.497 e. The Morgan fingerprint density at radius 1 is 1.29 bits per heavy atom. The number of tetrazole rings is 1. The number of benzene rings is 1. The van der Waals surface area contributed by atoms with Crippen LogP contribution in [0.2, 0.25) is 0 Å². The van der Waals surface area contributed by atoms with Crippen LogP contribution in [-0.2, 0) is 6.42 Å². The Hall–Kier alpha value is -1.95. The molecule has 0 saturated heterocycles. The van der Waals surface area contributed by atoms with Crippen molar-refractivity contribution in [2.24, 2.45) is 0 Å². The van der Waals surface area contributed by atoms with Gasteiger partial charge in [-0.1, -0.05) is 0 Å². The van der Waals surface area contributed by atoms with Crippen LogP contribution < -0.4 is 10.1 Å². The first-order valence-corrected chi connectivity index (χ1v) is 5.41. The first kappa shape index (κ1) is 11.5. The van der Waals surface area contributed by atoms with Gasteiger partial charge in [0.2, 0.25) is 0 Å². The summed E-state index contributed by atoms with van der Waals surface area (Å²) in [6.07, 6.45) is 0.770. The Bertz CT molecular complexity index is 465. The number of hydrogen-bond acceptors (Lipinski definition) is 5. The van der Waals surface area contributed by atoms with E-state index in [1.54, 1.807) is 7.11 Å². The molecule has 0 radical (unpaired) electrons. The second kappa shape index (κ2) is 5.40. The number of methoxy groups -OCH3 is 1. The molecule has 0 aliphatic rings. The van der Waals surface area contributed by atoms with Gasteiger partial charge in [-0.25, -0.2) is 0 Å². The zero-order valence-electron chi connectivity index (χ0n) is 9.92. The van der Waals surface area contributed by atoms with E-state index >= 15 is 0 Å². The molecule has 0 amide bonds. The van der Waals surface area contributed by atoms with Crippen LogP contribution in [-0.4, -0.2) is 40.9 Å². The summed E-state index contributed by atoms with van der Waals surface area (Å²) in [5, 5.41) is 15.3. The van der Waals surface area contributed by atoms with Crippen LogP contribution in [0.1, 0.15) is 5.82 Å². The number of rotatable bonds is 5. The minimum absolute atomic E-state index is 0.732. The van der Waals surface area contributed by atoms with Crippen molar-refractivity contribution < 1.29 is 4.74 Å². The maximum Gasteiger partial charge on any atom is 0.176 e. The maximum atomic E-state index is 5.09. The van der Waals surface area contributed by atoms with Crippen molar-refractivity contribution in [1.29, 1.82) is 0 Å². The molecule has 0 saturated carbocycles. The molecule has 1 aromatic carbocycles. The molecule has 6 nitrogen and oxygen atoms in total. The lowest BCUT2D eigenvalue weighted by atomic mass is 10.3. The lowest BCUT2D eigenvalue weighted by Crippen LogP contribution is -2.11. The molecule has 2 rings (SSSR count). The van der Waals surface area contributed by atoms with Crippen LogP contribution in [0.15, 0.2) is 24.3 Å². The average Bonchev–Trinajstić information content (AvgIpc) is 2.85. The summed E-state index contributed by atoms with van der Waals surface area (Å²) in [6.45, 7) is 0.842. The van der Waals surface area contributed by atoms with E-state index in [2.05, 4.69) is 20.7 Å². The van der Waals surface area contributed by atoms with Crippen molar-refractivity contribution in [1.82, 2.24) is 25.5 Å². The van der Waals surface area contributed by atoms with Gasteiger partial charge in [-0.2, -0.15) is 0 Å². The van der Waals surface area contributed by atoms with E-state index in [1.807, 2.05) is 31.3 Å². The fourth-order valence-electron chi connectivity index (χ4n) is 1.41. The Kier molecular flexibility index (Phi) is 3.66. The molecule has 0 unspecified atom stereocenters. The second-order valence-corrected chi connectivity index (χ2v) is 3.55. The monoisotopic (exact) mass is 233 g/mol. The summed E-state index contributed by atoms with van der Waals surface area (Å²) >= 11 is 0. The van der Waals surface area contributed by atoms with E-state index in [-0.39, 0.29) is 0 Å². The molecular weight excluding hydrogens is 218 g/mol. The first-order valence-electron chi connectivity index (χ1n) is 5.41. The third-order valence-electron chi connectivity index (χ3n) is 2.36. The van der Waals surface area contributed by atoms with Crippen LogP contribution in [0.5, 0.6) is 5.75 Å². The number of aromatic nitrogens is 4. The molecule has 0 spiro atoms. The fraction of sp³-hybridized carbons (Fsp3) is 0.364. The van der Waals surface area contributed by atoms with E-state index in [0.29, 0.717) is 0 Å². The van der Waals surface area contributed by atoms with Crippen LogP contribution in [0.4, 0.5) is 0 Å². The van der Waals surface area contributed by atoms with Crippen molar-refractivity contribution >= 4 is 0 Å². The highest BCUT2D eigenvalue weighted by Gasteiger charge is 2.04. The normalized spacial score (nSPS) is 10.5. The molecule has 0 atom stereocenters. The van der Waals surface area contributed by atoms with Gasteiger partial charge in [0.1, 0.15) is 5.75 Å². The smallest absolute Gasteiger partial charge is 0.176 e. The lowest BCUT2D eigenvalue weighted by Gasteiger charge is -2.00. The highest BCUT2D eigenvalue weighted by atomic mass is 16.5. The van der Waals surface area contributed by atoms with Gasteiger partial charge in [-0.15, -0.1) is 15.0 Å². The number of nitrogens with zero attached hydrogens (tertiary/aromatic N) is 4. The van der Waals surface area contributed by atoms with E-state index in [4.69, 9.17) is 4.74 Å². The predicted octanol–water partition coefficient (Wildman–Crippen LogP) is 0.433. The fourth-order valence-corrected chi connectivity index (χ4v) is 1.41.